The summed E-state index contributed by atoms with van der Waals surface area (Å²) in [5, 5.41) is 3.41. The van der Waals surface area contributed by atoms with E-state index in [4.69, 9.17) is 4.74 Å². The Labute approximate surface area is 104 Å². The average Bonchev–Trinajstić information content (AvgIpc) is 2.41. The van der Waals surface area contributed by atoms with E-state index in [2.05, 4.69) is 37.4 Å². The summed E-state index contributed by atoms with van der Waals surface area (Å²) in [6, 6.07) is 6.49. The molecular weight excluding hydrogens is 222 g/mol. The van der Waals surface area contributed by atoms with E-state index in [1.807, 2.05) is 0 Å². The van der Waals surface area contributed by atoms with Crippen LogP contribution < -0.4 is 10.1 Å². The summed E-state index contributed by atoms with van der Waals surface area (Å²) >= 11 is 0. The molecule has 0 spiro atoms. The first-order valence-electron chi connectivity index (χ1n) is 5.75. The van der Waals surface area contributed by atoms with Gasteiger partial charge < -0.3 is 10.1 Å². The standard InChI is InChI=1S/C13H19NO.ClH/c1-10(2)15-13-4-3-11-5-7-14-8-6-12(11)9-13;/h3-4,9-10,14H,5-8H2,1-2H3;1H. The molecule has 3 heteroatoms. The molecule has 90 valence electrons. The third kappa shape index (κ3) is 3.39. The third-order valence-electron chi connectivity index (χ3n) is 2.69. The molecule has 0 fully saturated rings. The molecular formula is C13H20ClNO. The Morgan fingerprint density at radius 1 is 1.12 bits per heavy atom. The SMILES string of the molecule is CC(C)Oc1ccc2c(c1)CCNCC2.Cl. The highest BCUT2D eigenvalue weighted by Gasteiger charge is 2.08. The van der Waals surface area contributed by atoms with E-state index in [0.29, 0.717) is 0 Å². The fraction of sp³-hybridized carbons (Fsp3) is 0.538. The number of ether oxygens (including phenoxy) is 1. The van der Waals surface area contributed by atoms with Crippen molar-refractivity contribution in [2.45, 2.75) is 32.8 Å². The quantitative estimate of drug-likeness (QED) is 0.860. The summed E-state index contributed by atoms with van der Waals surface area (Å²) in [4.78, 5) is 0. The van der Waals surface area contributed by atoms with Gasteiger partial charge in [-0.25, -0.2) is 0 Å². The largest absolute Gasteiger partial charge is 0.491 e. The number of hydrogen-bond donors (Lipinski definition) is 1. The molecule has 1 heterocycles. The Kier molecular flexibility index (Phi) is 5.10. The normalized spacial score (nSPS) is 14.9. The molecule has 0 saturated heterocycles. The van der Waals surface area contributed by atoms with Crippen LogP contribution in [0.5, 0.6) is 5.75 Å². The molecule has 1 aromatic carbocycles. The zero-order valence-corrected chi connectivity index (χ0v) is 10.8. The van der Waals surface area contributed by atoms with Crippen LogP contribution in [0.25, 0.3) is 0 Å². The number of hydrogen-bond acceptors (Lipinski definition) is 2. The Morgan fingerprint density at radius 3 is 2.50 bits per heavy atom. The van der Waals surface area contributed by atoms with Gasteiger partial charge in [-0.3, -0.25) is 0 Å². The summed E-state index contributed by atoms with van der Waals surface area (Å²) in [7, 11) is 0. The van der Waals surface area contributed by atoms with E-state index >= 15 is 0 Å². The molecule has 0 amide bonds. The summed E-state index contributed by atoms with van der Waals surface area (Å²) in [6.07, 6.45) is 2.51. The smallest absolute Gasteiger partial charge is 0.119 e. The highest BCUT2D eigenvalue weighted by Crippen LogP contribution is 2.21. The van der Waals surface area contributed by atoms with E-state index in [9.17, 15) is 0 Å². The van der Waals surface area contributed by atoms with Gasteiger partial charge in [-0.15, -0.1) is 12.4 Å². The minimum Gasteiger partial charge on any atom is -0.491 e. The second-order valence-corrected chi connectivity index (χ2v) is 4.35. The van der Waals surface area contributed by atoms with Crippen LogP contribution in [0.4, 0.5) is 0 Å². The third-order valence-corrected chi connectivity index (χ3v) is 2.69. The fourth-order valence-electron chi connectivity index (χ4n) is 2.00. The lowest BCUT2D eigenvalue weighted by Gasteiger charge is -2.12. The molecule has 1 aliphatic rings. The van der Waals surface area contributed by atoms with E-state index in [1.54, 1.807) is 0 Å². The summed E-state index contributed by atoms with van der Waals surface area (Å²) in [6.45, 7) is 6.30. The van der Waals surface area contributed by atoms with Gasteiger partial charge >= 0.3 is 0 Å². The van der Waals surface area contributed by atoms with Crippen molar-refractivity contribution in [1.82, 2.24) is 5.32 Å². The summed E-state index contributed by atoms with van der Waals surface area (Å²) in [5.74, 6) is 1.01. The van der Waals surface area contributed by atoms with Crippen molar-refractivity contribution in [3.05, 3.63) is 29.3 Å². The van der Waals surface area contributed by atoms with Crippen LogP contribution in [0.3, 0.4) is 0 Å². The highest BCUT2D eigenvalue weighted by atomic mass is 35.5. The van der Waals surface area contributed by atoms with Crippen molar-refractivity contribution in [2.24, 2.45) is 0 Å². The van der Waals surface area contributed by atoms with Crippen molar-refractivity contribution < 1.29 is 4.74 Å². The molecule has 0 unspecified atom stereocenters. The van der Waals surface area contributed by atoms with Gasteiger partial charge in [0.25, 0.3) is 0 Å². The maximum absolute atomic E-state index is 5.70. The molecule has 1 aromatic rings. The molecule has 2 rings (SSSR count). The van der Waals surface area contributed by atoms with Gasteiger partial charge in [0, 0.05) is 0 Å². The van der Waals surface area contributed by atoms with Crippen molar-refractivity contribution in [1.29, 1.82) is 0 Å². The van der Waals surface area contributed by atoms with Crippen molar-refractivity contribution >= 4 is 12.4 Å². The van der Waals surface area contributed by atoms with Crippen molar-refractivity contribution in [2.75, 3.05) is 13.1 Å². The minimum absolute atomic E-state index is 0. The lowest BCUT2D eigenvalue weighted by molar-refractivity contribution is 0.242. The Morgan fingerprint density at radius 2 is 1.81 bits per heavy atom. The van der Waals surface area contributed by atoms with Crippen LogP contribution >= 0.6 is 12.4 Å². The van der Waals surface area contributed by atoms with E-state index in [0.717, 1.165) is 31.7 Å². The first-order chi connectivity index (χ1) is 7.25. The van der Waals surface area contributed by atoms with Crippen LogP contribution in [0.15, 0.2) is 18.2 Å². The Hall–Kier alpha value is -0.730. The fourth-order valence-corrected chi connectivity index (χ4v) is 2.00. The molecule has 1 aliphatic heterocycles. The number of nitrogens with one attached hydrogen (secondary N) is 1. The van der Waals surface area contributed by atoms with Gasteiger partial charge in [0.05, 0.1) is 6.10 Å². The predicted octanol–water partition coefficient (Wildman–Crippen LogP) is 2.58. The zero-order chi connectivity index (χ0) is 10.7. The van der Waals surface area contributed by atoms with Crippen LogP contribution in [0.2, 0.25) is 0 Å². The summed E-state index contributed by atoms with van der Waals surface area (Å²) in [5.41, 5.74) is 2.91. The molecule has 16 heavy (non-hydrogen) atoms. The number of benzene rings is 1. The molecule has 0 bridgehead atoms. The highest BCUT2D eigenvalue weighted by molar-refractivity contribution is 5.85. The Balaban J connectivity index is 0.00000128. The van der Waals surface area contributed by atoms with Gasteiger partial charge in [-0.1, -0.05) is 6.07 Å². The molecule has 0 aromatic heterocycles. The second-order valence-electron chi connectivity index (χ2n) is 4.35. The number of rotatable bonds is 2. The number of fused-ring (bicyclic) bond motifs is 1. The van der Waals surface area contributed by atoms with Gasteiger partial charge in [-0.2, -0.15) is 0 Å². The minimum atomic E-state index is 0. The van der Waals surface area contributed by atoms with E-state index in [1.165, 1.54) is 11.1 Å². The molecule has 2 nitrogen and oxygen atoms in total. The number of halogens is 1. The maximum atomic E-state index is 5.70. The molecule has 0 radical (unpaired) electrons. The first-order valence-corrected chi connectivity index (χ1v) is 5.75. The average molecular weight is 242 g/mol. The first kappa shape index (κ1) is 13.3. The molecule has 0 aliphatic carbocycles. The monoisotopic (exact) mass is 241 g/mol. The zero-order valence-electron chi connectivity index (χ0n) is 9.95. The van der Waals surface area contributed by atoms with Crippen LogP contribution in [0.1, 0.15) is 25.0 Å². The van der Waals surface area contributed by atoms with Gasteiger partial charge in [0.15, 0.2) is 0 Å². The molecule has 1 N–H and O–H groups in total. The van der Waals surface area contributed by atoms with Crippen molar-refractivity contribution in [3.8, 4) is 5.75 Å². The topological polar surface area (TPSA) is 21.3 Å². The van der Waals surface area contributed by atoms with E-state index in [-0.39, 0.29) is 18.5 Å². The lowest BCUT2D eigenvalue weighted by Crippen LogP contribution is -2.16. The summed E-state index contributed by atoms with van der Waals surface area (Å²) < 4.78 is 5.70. The predicted molar refractivity (Wildman–Crippen MR) is 69.7 cm³/mol. The molecule has 0 atom stereocenters. The van der Waals surface area contributed by atoms with Gasteiger partial charge in [0.2, 0.25) is 0 Å². The van der Waals surface area contributed by atoms with E-state index < -0.39 is 0 Å². The van der Waals surface area contributed by atoms with Gasteiger partial charge in [-0.05, 0) is 63.0 Å². The van der Waals surface area contributed by atoms with Crippen LogP contribution in [-0.2, 0) is 12.8 Å². The second kappa shape index (κ2) is 6.12. The van der Waals surface area contributed by atoms with Crippen molar-refractivity contribution in [3.63, 3.8) is 0 Å². The lowest BCUT2D eigenvalue weighted by atomic mass is 10.0. The van der Waals surface area contributed by atoms with Crippen LogP contribution in [0, 0.1) is 0 Å². The molecule has 0 saturated carbocycles. The Bertz CT molecular complexity index is 339. The van der Waals surface area contributed by atoms with Gasteiger partial charge in [0.1, 0.15) is 5.75 Å². The maximum Gasteiger partial charge on any atom is 0.119 e. The van der Waals surface area contributed by atoms with Crippen LogP contribution in [-0.4, -0.2) is 19.2 Å².